The first-order valence-corrected chi connectivity index (χ1v) is 7.56. The van der Waals surface area contributed by atoms with E-state index in [1.165, 1.54) is 24.2 Å². The number of fused-ring (bicyclic) bond motifs is 1. The molecule has 2 aliphatic heterocycles. The number of ether oxygens (including phenoxy) is 1. The van der Waals surface area contributed by atoms with Gasteiger partial charge in [0.05, 0.1) is 13.2 Å². The second-order valence-corrected chi connectivity index (χ2v) is 6.00. The molecule has 0 aromatic carbocycles. The van der Waals surface area contributed by atoms with Gasteiger partial charge >= 0.3 is 12.0 Å². The Bertz CT molecular complexity index is 401. The summed E-state index contributed by atoms with van der Waals surface area (Å²) in [5.74, 6) is -0.352. The number of nitrogens with zero attached hydrogens (tertiary/aromatic N) is 2. The molecular weight excluding hydrogens is 260 g/mol. The molecule has 20 heavy (non-hydrogen) atoms. The number of urea groups is 1. The zero-order chi connectivity index (χ0) is 14.1. The van der Waals surface area contributed by atoms with Crippen molar-refractivity contribution in [1.29, 1.82) is 0 Å². The number of carbonyl (C=O) groups is 2. The fraction of sp³-hybridized carbons (Fsp3) is 0.857. The summed E-state index contributed by atoms with van der Waals surface area (Å²) in [4.78, 5) is 27.5. The zero-order valence-electron chi connectivity index (χ0n) is 11.7. The summed E-state index contributed by atoms with van der Waals surface area (Å²) in [7, 11) is 0. The van der Waals surface area contributed by atoms with Gasteiger partial charge in [0.15, 0.2) is 6.04 Å². The maximum Gasteiger partial charge on any atom is 0.328 e. The fourth-order valence-electron chi connectivity index (χ4n) is 3.89. The predicted molar refractivity (Wildman–Crippen MR) is 71.4 cm³/mol. The van der Waals surface area contributed by atoms with E-state index >= 15 is 0 Å². The lowest BCUT2D eigenvalue weighted by Gasteiger charge is -2.43. The van der Waals surface area contributed by atoms with Crippen molar-refractivity contribution >= 4 is 12.0 Å². The van der Waals surface area contributed by atoms with Crippen LogP contribution in [0, 0.1) is 5.92 Å². The van der Waals surface area contributed by atoms with E-state index in [2.05, 4.69) is 0 Å². The summed E-state index contributed by atoms with van der Waals surface area (Å²) in [6.45, 7) is 1.67. The first-order valence-electron chi connectivity index (χ1n) is 7.56. The Hall–Kier alpha value is -1.30. The minimum atomic E-state index is -0.974. The molecule has 1 saturated carbocycles. The standard InChI is InChI=1S/C14H22N2O4/c17-13(18)12-9-20-8-7-16(12)14(19)15-6-2-4-10-3-1-5-11(10)15/h10-12H,1-9H2,(H,17,18). The minimum absolute atomic E-state index is 0.0997. The number of carbonyl (C=O) groups excluding carboxylic acids is 1. The fourth-order valence-corrected chi connectivity index (χ4v) is 3.89. The Morgan fingerprint density at radius 1 is 1.05 bits per heavy atom. The average Bonchev–Trinajstić information content (AvgIpc) is 2.94. The molecule has 3 fully saturated rings. The Labute approximate surface area is 118 Å². The molecule has 3 atom stereocenters. The minimum Gasteiger partial charge on any atom is -0.480 e. The topological polar surface area (TPSA) is 70.1 Å². The number of carboxylic acid groups (broad SMARTS) is 1. The number of rotatable bonds is 1. The van der Waals surface area contributed by atoms with Gasteiger partial charge in [-0.2, -0.15) is 0 Å². The summed E-state index contributed by atoms with van der Waals surface area (Å²) in [6.07, 6.45) is 5.71. The Kier molecular flexibility index (Phi) is 3.83. The van der Waals surface area contributed by atoms with Gasteiger partial charge in [-0.3, -0.25) is 0 Å². The Morgan fingerprint density at radius 3 is 2.65 bits per heavy atom. The van der Waals surface area contributed by atoms with Crippen molar-refractivity contribution in [2.75, 3.05) is 26.3 Å². The van der Waals surface area contributed by atoms with Crippen LogP contribution in [0.3, 0.4) is 0 Å². The Morgan fingerprint density at radius 2 is 1.85 bits per heavy atom. The van der Waals surface area contributed by atoms with Gasteiger partial charge in [0, 0.05) is 19.1 Å². The van der Waals surface area contributed by atoms with Gasteiger partial charge in [-0.1, -0.05) is 6.42 Å². The van der Waals surface area contributed by atoms with Crippen molar-refractivity contribution in [2.45, 2.75) is 44.2 Å². The van der Waals surface area contributed by atoms with Crippen LogP contribution < -0.4 is 0 Å². The molecule has 3 aliphatic rings. The van der Waals surface area contributed by atoms with Gasteiger partial charge in [0.2, 0.25) is 0 Å². The highest BCUT2D eigenvalue weighted by Gasteiger charge is 2.42. The summed E-state index contributed by atoms with van der Waals surface area (Å²) in [6, 6.07) is -0.608. The smallest absolute Gasteiger partial charge is 0.328 e. The highest BCUT2D eigenvalue weighted by Crippen LogP contribution is 2.37. The molecule has 0 aromatic rings. The summed E-state index contributed by atoms with van der Waals surface area (Å²) < 4.78 is 5.20. The van der Waals surface area contributed by atoms with Gasteiger partial charge in [0.1, 0.15) is 0 Å². The molecule has 0 aromatic heterocycles. The van der Waals surface area contributed by atoms with Crippen molar-refractivity contribution in [3.05, 3.63) is 0 Å². The predicted octanol–water partition coefficient (Wildman–Crippen LogP) is 1.16. The molecule has 3 rings (SSSR count). The number of aliphatic carboxylic acids is 1. The maximum absolute atomic E-state index is 12.7. The summed E-state index contributed by atoms with van der Waals surface area (Å²) in [5, 5.41) is 9.25. The van der Waals surface area contributed by atoms with Gasteiger partial charge < -0.3 is 19.6 Å². The lowest BCUT2D eigenvalue weighted by Crippen LogP contribution is -2.59. The van der Waals surface area contributed by atoms with Crippen LogP contribution in [0.15, 0.2) is 0 Å². The van der Waals surface area contributed by atoms with Crippen LogP contribution in [-0.2, 0) is 9.53 Å². The number of likely N-dealkylation sites (tertiary alicyclic amines) is 1. The number of amides is 2. The van der Waals surface area contributed by atoms with Gasteiger partial charge in [-0.15, -0.1) is 0 Å². The third kappa shape index (κ3) is 2.37. The van der Waals surface area contributed by atoms with Crippen molar-refractivity contribution in [3.63, 3.8) is 0 Å². The van der Waals surface area contributed by atoms with Crippen LogP contribution in [0.4, 0.5) is 4.79 Å². The van der Waals surface area contributed by atoms with E-state index in [-0.39, 0.29) is 12.6 Å². The molecule has 0 radical (unpaired) electrons. The van der Waals surface area contributed by atoms with Crippen LogP contribution in [0.5, 0.6) is 0 Å². The SMILES string of the molecule is O=C(O)C1COCCN1C(=O)N1CCCC2CCCC21. The third-order valence-electron chi connectivity index (χ3n) is 4.90. The quantitative estimate of drug-likeness (QED) is 0.783. The van der Waals surface area contributed by atoms with Crippen LogP contribution >= 0.6 is 0 Å². The number of hydrogen-bond acceptors (Lipinski definition) is 3. The number of carboxylic acids is 1. The zero-order valence-corrected chi connectivity index (χ0v) is 11.7. The van der Waals surface area contributed by atoms with Crippen LogP contribution in [0.1, 0.15) is 32.1 Å². The first kappa shape index (κ1) is 13.7. The van der Waals surface area contributed by atoms with E-state index in [4.69, 9.17) is 4.74 Å². The molecule has 2 heterocycles. The molecule has 0 spiro atoms. The van der Waals surface area contributed by atoms with Crippen LogP contribution in [0.25, 0.3) is 0 Å². The molecular formula is C14H22N2O4. The van der Waals surface area contributed by atoms with E-state index in [9.17, 15) is 14.7 Å². The monoisotopic (exact) mass is 282 g/mol. The van der Waals surface area contributed by atoms with Gasteiger partial charge in [0.25, 0.3) is 0 Å². The lowest BCUT2D eigenvalue weighted by molar-refractivity contribution is -0.147. The lowest BCUT2D eigenvalue weighted by atomic mass is 9.92. The molecule has 6 nitrogen and oxygen atoms in total. The van der Waals surface area contributed by atoms with E-state index in [0.717, 1.165) is 19.4 Å². The highest BCUT2D eigenvalue weighted by atomic mass is 16.5. The number of piperidine rings is 1. The summed E-state index contributed by atoms with van der Waals surface area (Å²) in [5.41, 5.74) is 0. The summed E-state index contributed by atoms with van der Waals surface area (Å²) >= 11 is 0. The van der Waals surface area contributed by atoms with E-state index in [1.54, 1.807) is 0 Å². The molecule has 6 heteroatoms. The molecule has 2 amide bonds. The van der Waals surface area contributed by atoms with E-state index < -0.39 is 12.0 Å². The molecule has 112 valence electrons. The normalized spacial score (nSPS) is 33.9. The van der Waals surface area contributed by atoms with E-state index in [1.807, 2.05) is 4.90 Å². The van der Waals surface area contributed by atoms with Crippen molar-refractivity contribution < 1.29 is 19.4 Å². The number of hydrogen-bond donors (Lipinski definition) is 1. The Balaban J connectivity index is 1.74. The molecule has 1 aliphatic carbocycles. The molecule has 0 bridgehead atoms. The van der Waals surface area contributed by atoms with Crippen LogP contribution in [-0.4, -0.2) is 65.3 Å². The first-order chi connectivity index (χ1) is 9.68. The number of morpholine rings is 1. The van der Waals surface area contributed by atoms with Crippen molar-refractivity contribution in [1.82, 2.24) is 9.80 Å². The van der Waals surface area contributed by atoms with Crippen molar-refractivity contribution in [2.24, 2.45) is 5.92 Å². The maximum atomic E-state index is 12.7. The molecule has 3 unspecified atom stereocenters. The van der Waals surface area contributed by atoms with Crippen molar-refractivity contribution in [3.8, 4) is 0 Å². The highest BCUT2D eigenvalue weighted by molar-refractivity contribution is 5.83. The molecule has 1 N–H and O–H groups in total. The van der Waals surface area contributed by atoms with Gasteiger partial charge in [-0.05, 0) is 31.6 Å². The second-order valence-electron chi connectivity index (χ2n) is 6.00. The van der Waals surface area contributed by atoms with E-state index in [0.29, 0.717) is 25.1 Å². The average molecular weight is 282 g/mol. The van der Waals surface area contributed by atoms with Gasteiger partial charge in [-0.25, -0.2) is 9.59 Å². The largest absolute Gasteiger partial charge is 0.480 e. The molecule has 2 saturated heterocycles. The third-order valence-corrected chi connectivity index (χ3v) is 4.90. The second kappa shape index (κ2) is 5.60. The van der Waals surface area contributed by atoms with Crippen LogP contribution in [0.2, 0.25) is 0 Å².